The van der Waals surface area contributed by atoms with Crippen LogP contribution in [-0.4, -0.2) is 29.3 Å². The summed E-state index contributed by atoms with van der Waals surface area (Å²) in [5, 5.41) is 0. The Morgan fingerprint density at radius 2 is 1.21 bits per heavy atom. The molecule has 198 valence electrons. The largest absolute Gasteiger partial charge is 0.459 e. The number of nitrogens with zero attached hydrogens (tertiary/aromatic N) is 1. The second kappa shape index (κ2) is 12.8. The molecule has 0 spiro atoms. The molecule has 0 heterocycles. The van der Waals surface area contributed by atoms with Crippen molar-refractivity contribution in [3.8, 4) is 0 Å². The van der Waals surface area contributed by atoms with Crippen LogP contribution in [0, 0.1) is 0 Å². The number of carbonyl (C=O) groups excluding carboxylic acids is 2. The van der Waals surface area contributed by atoms with Gasteiger partial charge in [0.25, 0.3) is 0 Å². The summed E-state index contributed by atoms with van der Waals surface area (Å²) < 4.78 is 11.3. The maximum Gasteiger partial charge on any atom is 0.338 e. The lowest BCUT2D eigenvalue weighted by molar-refractivity contribution is -0.146. The standard InChI is InChI=1S/C34H33NO4/c1-34(2,3)39-32(36)29-21-13-16-26(22-29)23-30(33(37)38-24-25-14-7-4-8-15-25)35-31(27-17-9-5-10-18-27)28-19-11-6-12-20-28/h4-22,30H,23-24H2,1-3H3. The molecular weight excluding hydrogens is 486 g/mol. The van der Waals surface area contributed by atoms with E-state index in [9.17, 15) is 9.59 Å². The molecule has 5 heteroatoms. The monoisotopic (exact) mass is 519 g/mol. The van der Waals surface area contributed by atoms with Crippen LogP contribution in [0.4, 0.5) is 0 Å². The Bertz CT molecular complexity index is 1370. The summed E-state index contributed by atoms with van der Waals surface area (Å²) >= 11 is 0. The van der Waals surface area contributed by atoms with Crippen molar-refractivity contribution >= 4 is 17.7 Å². The molecule has 0 bridgehead atoms. The Morgan fingerprint density at radius 3 is 1.77 bits per heavy atom. The van der Waals surface area contributed by atoms with Gasteiger partial charge >= 0.3 is 11.9 Å². The molecule has 0 N–H and O–H groups in total. The maximum absolute atomic E-state index is 13.5. The normalized spacial score (nSPS) is 11.8. The molecule has 4 aromatic carbocycles. The summed E-state index contributed by atoms with van der Waals surface area (Å²) in [6.45, 7) is 5.64. The number of aliphatic imine (C=N–C) groups is 1. The SMILES string of the molecule is CC(C)(C)OC(=O)c1cccc(CC(N=C(c2ccccc2)c2ccccc2)C(=O)OCc2ccccc2)c1. The highest BCUT2D eigenvalue weighted by molar-refractivity contribution is 6.13. The summed E-state index contributed by atoms with van der Waals surface area (Å²) in [4.78, 5) is 31.2. The smallest absolute Gasteiger partial charge is 0.338 e. The summed E-state index contributed by atoms with van der Waals surface area (Å²) in [6, 6.07) is 35.4. The van der Waals surface area contributed by atoms with Gasteiger partial charge in [0.1, 0.15) is 12.2 Å². The number of rotatable bonds is 9. The molecule has 0 aliphatic heterocycles. The van der Waals surface area contributed by atoms with Gasteiger partial charge in [-0.3, -0.25) is 4.99 Å². The number of hydrogen-bond acceptors (Lipinski definition) is 5. The Morgan fingerprint density at radius 1 is 0.692 bits per heavy atom. The van der Waals surface area contributed by atoms with E-state index in [2.05, 4.69) is 0 Å². The van der Waals surface area contributed by atoms with E-state index in [0.717, 1.165) is 22.3 Å². The lowest BCUT2D eigenvalue weighted by Gasteiger charge is -2.20. The minimum atomic E-state index is -0.835. The van der Waals surface area contributed by atoms with Crippen LogP contribution in [0.3, 0.4) is 0 Å². The fraction of sp³-hybridized carbons (Fsp3) is 0.206. The summed E-state index contributed by atoms with van der Waals surface area (Å²) in [5.41, 5.74) is 3.98. The Hall–Kier alpha value is -4.51. The van der Waals surface area contributed by atoms with Crippen molar-refractivity contribution < 1.29 is 19.1 Å². The van der Waals surface area contributed by atoms with Crippen molar-refractivity contribution in [2.24, 2.45) is 4.99 Å². The maximum atomic E-state index is 13.5. The summed E-state index contributed by atoms with van der Waals surface area (Å²) in [5.74, 6) is -0.851. The number of ether oxygens (including phenoxy) is 2. The van der Waals surface area contributed by atoms with Gasteiger partial charge < -0.3 is 9.47 Å². The van der Waals surface area contributed by atoms with Crippen LogP contribution in [0.15, 0.2) is 120 Å². The molecule has 5 nitrogen and oxygen atoms in total. The van der Waals surface area contributed by atoms with Gasteiger partial charge in [0, 0.05) is 17.5 Å². The van der Waals surface area contributed by atoms with Crippen molar-refractivity contribution in [1.82, 2.24) is 0 Å². The summed E-state index contributed by atoms with van der Waals surface area (Å²) in [7, 11) is 0. The fourth-order valence-corrected chi connectivity index (χ4v) is 4.06. The van der Waals surface area contributed by atoms with E-state index in [4.69, 9.17) is 14.5 Å². The zero-order chi connectivity index (χ0) is 27.7. The second-order valence-corrected chi connectivity index (χ2v) is 10.2. The van der Waals surface area contributed by atoms with Crippen molar-refractivity contribution in [2.75, 3.05) is 0 Å². The Kier molecular flexibility index (Phi) is 9.06. The van der Waals surface area contributed by atoms with E-state index < -0.39 is 23.6 Å². The van der Waals surface area contributed by atoms with Crippen LogP contribution in [0.1, 0.15) is 53.4 Å². The van der Waals surface area contributed by atoms with E-state index in [1.807, 2.05) is 118 Å². The first-order valence-electron chi connectivity index (χ1n) is 13.0. The molecule has 0 aliphatic carbocycles. The van der Waals surface area contributed by atoms with Gasteiger partial charge in [0.05, 0.1) is 11.3 Å². The van der Waals surface area contributed by atoms with Crippen LogP contribution in [0.5, 0.6) is 0 Å². The van der Waals surface area contributed by atoms with Crippen LogP contribution < -0.4 is 0 Å². The lowest BCUT2D eigenvalue weighted by Crippen LogP contribution is -2.26. The third kappa shape index (κ3) is 8.24. The van der Waals surface area contributed by atoms with Gasteiger partial charge in [-0.05, 0) is 44.0 Å². The minimum absolute atomic E-state index is 0.148. The van der Waals surface area contributed by atoms with Gasteiger partial charge in [-0.2, -0.15) is 0 Å². The topological polar surface area (TPSA) is 65.0 Å². The van der Waals surface area contributed by atoms with Gasteiger partial charge in [-0.15, -0.1) is 0 Å². The molecular formula is C34H33NO4. The Labute approximate surface area is 230 Å². The second-order valence-electron chi connectivity index (χ2n) is 10.2. The van der Waals surface area contributed by atoms with Crippen molar-refractivity contribution in [1.29, 1.82) is 0 Å². The zero-order valence-corrected chi connectivity index (χ0v) is 22.5. The molecule has 0 saturated carbocycles. The lowest BCUT2D eigenvalue weighted by atomic mass is 10.00. The molecule has 39 heavy (non-hydrogen) atoms. The third-order valence-electron chi connectivity index (χ3n) is 5.87. The Balaban J connectivity index is 1.69. The van der Waals surface area contributed by atoms with E-state index in [1.54, 1.807) is 18.2 Å². The van der Waals surface area contributed by atoms with Gasteiger partial charge in [-0.1, -0.05) is 103 Å². The van der Waals surface area contributed by atoms with Gasteiger partial charge in [-0.25, -0.2) is 9.59 Å². The highest BCUT2D eigenvalue weighted by Gasteiger charge is 2.24. The average Bonchev–Trinajstić information content (AvgIpc) is 2.94. The van der Waals surface area contributed by atoms with Gasteiger partial charge in [0.15, 0.2) is 6.04 Å². The number of carbonyl (C=O) groups is 2. The average molecular weight is 520 g/mol. The quantitative estimate of drug-likeness (QED) is 0.180. The first-order valence-corrected chi connectivity index (χ1v) is 13.0. The number of hydrogen-bond donors (Lipinski definition) is 0. The van der Waals surface area contributed by atoms with Crippen LogP contribution >= 0.6 is 0 Å². The highest BCUT2D eigenvalue weighted by atomic mass is 16.6. The predicted molar refractivity (Wildman–Crippen MR) is 154 cm³/mol. The third-order valence-corrected chi connectivity index (χ3v) is 5.87. The molecule has 0 aromatic heterocycles. The molecule has 0 aliphatic rings. The highest BCUT2D eigenvalue weighted by Crippen LogP contribution is 2.18. The van der Waals surface area contributed by atoms with Crippen LogP contribution in [0.25, 0.3) is 0 Å². The van der Waals surface area contributed by atoms with E-state index in [-0.39, 0.29) is 13.0 Å². The van der Waals surface area contributed by atoms with Gasteiger partial charge in [0.2, 0.25) is 0 Å². The van der Waals surface area contributed by atoms with Crippen molar-refractivity contribution in [2.45, 2.75) is 45.4 Å². The van der Waals surface area contributed by atoms with Crippen molar-refractivity contribution in [3.63, 3.8) is 0 Å². The number of benzene rings is 4. The fourth-order valence-electron chi connectivity index (χ4n) is 4.06. The molecule has 0 fully saturated rings. The van der Waals surface area contributed by atoms with E-state index >= 15 is 0 Å². The minimum Gasteiger partial charge on any atom is -0.459 e. The molecule has 0 amide bonds. The molecule has 0 saturated heterocycles. The van der Waals surface area contributed by atoms with Crippen LogP contribution in [0.2, 0.25) is 0 Å². The predicted octanol–water partition coefficient (Wildman–Crippen LogP) is 6.83. The van der Waals surface area contributed by atoms with E-state index in [0.29, 0.717) is 11.3 Å². The first-order chi connectivity index (χ1) is 18.8. The summed E-state index contributed by atoms with van der Waals surface area (Å²) in [6.07, 6.45) is 0.257. The molecule has 0 radical (unpaired) electrons. The zero-order valence-electron chi connectivity index (χ0n) is 22.5. The number of esters is 2. The molecule has 4 rings (SSSR count). The van der Waals surface area contributed by atoms with Crippen LogP contribution in [-0.2, 0) is 27.3 Å². The molecule has 4 aromatic rings. The molecule has 1 unspecified atom stereocenters. The van der Waals surface area contributed by atoms with E-state index in [1.165, 1.54) is 0 Å². The first kappa shape index (κ1) is 27.5. The molecule has 1 atom stereocenters. The van der Waals surface area contributed by atoms with Crippen molar-refractivity contribution in [3.05, 3.63) is 143 Å².